The predicted octanol–water partition coefficient (Wildman–Crippen LogP) is 3.78. The lowest BCUT2D eigenvalue weighted by Crippen LogP contribution is -2.25. The second-order valence-electron chi connectivity index (χ2n) is 6.87. The van der Waals surface area contributed by atoms with E-state index in [0.717, 1.165) is 11.1 Å². The van der Waals surface area contributed by atoms with Crippen LogP contribution in [0.15, 0.2) is 79.1 Å². The Kier molecular flexibility index (Phi) is 5.89. The van der Waals surface area contributed by atoms with Crippen molar-refractivity contribution >= 4 is 11.6 Å². The topological polar surface area (TPSA) is 112 Å². The zero-order valence-corrected chi connectivity index (χ0v) is 17.1. The predicted molar refractivity (Wildman–Crippen MR) is 118 cm³/mol. The number of ether oxygens (including phenoxy) is 1. The van der Waals surface area contributed by atoms with Gasteiger partial charge in [-0.3, -0.25) is 19.9 Å². The molecule has 0 aliphatic carbocycles. The summed E-state index contributed by atoms with van der Waals surface area (Å²) in [6.07, 6.45) is 3.30. The summed E-state index contributed by atoms with van der Waals surface area (Å²) in [4.78, 5) is 27.8. The fraction of sp³-hybridized carbons (Fsp3) is 0.0870. The van der Waals surface area contributed by atoms with Crippen molar-refractivity contribution in [2.24, 2.45) is 0 Å². The highest BCUT2D eigenvalue weighted by molar-refractivity contribution is 5.94. The number of benzene rings is 2. The molecule has 0 spiro atoms. The van der Waals surface area contributed by atoms with Crippen molar-refractivity contribution in [3.8, 4) is 22.7 Å². The van der Waals surface area contributed by atoms with Crippen molar-refractivity contribution in [1.29, 1.82) is 0 Å². The van der Waals surface area contributed by atoms with Crippen LogP contribution < -0.4 is 10.1 Å². The van der Waals surface area contributed by atoms with Gasteiger partial charge in [0.25, 0.3) is 11.6 Å². The van der Waals surface area contributed by atoms with Crippen LogP contribution in [0.5, 0.6) is 5.75 Å². The van der Waals surface area contributed by atoms with E-state index in [9.17, 15) is 14.9 Å². The van der Waals surface area contributed by atoms with Crippen LogP contribution in [-0.4, -0.2) is 32.7 Å². The molecule has 2 aromatic carbocycles. The van der Waals surface area contributed by atoms with Gasteiger partial charge in [0.15, 0.2) is 0 Å². The molecule has 0 atom stereocenters. The maximum atomic E-state index is 13.1. The number of amides is 1. The van der Waals surface area contributed by atoms with E-state index < -0.39 is 4.92 Å². The number of pyridine rings is 1. The molecule has 2 aromatic heterocycles. The van der Waals surface area contributed by atoms with Gasteiger partial charge in [-0.05, 0) is 42.0 Å². The van der Waals surface area contributed by atoms with Crippen LogP contribution in [0.25, 0.3) is 16.9 Å². The minimum Gasteiger partial charge on any atom is -0.497 e. The van der Waals surface area contributed by atoms with Gasteiger partial charge < -0.3 is 10.1 Å². The monoisotopic (exact) mass is 429 g/mol. The standard InChI is InChI=1S/C23H19N5O4/c1-32-20-7-2-4-17(12-20)21-14-22(23(29)25-15-16-8-10-24-11-9-16)27(26-21)18-5-3-6-19(13-18)28(30)31/h2-14H,15H2,1H3,(H,25,29). The number of non-ortho nitro benzene ring substituents is 1. The summed E-state index contributed by atoms with van der Waals surface area (Å²) >= 11 is 0. The van der Waals surface area contributed by atoms with E-state index in [-0.39, 0.29) is 17.3 Å². The van der Waals surface area contributed by atoms with Crippen LogP contribution in [-0.2, 0) is 6.54 Å². The average Bonchev–Trinajstić information content (AvgIpc) is 3.29. The van der Waals surface area contributed by atoms with Crippen molar-refractivity contribution in [3.05, 3.63) is 100 Å². The highest BCUT2D eigenvalue weighted by atomic mass is 16.6. The molecular weight excluding hydrogens is 410 g/mol. The number of hydrogen-bond acceptors (Lipinski definition) is 6. The number of hydrogen-bond donors (Lipinski definition) is 1. The third-order valence-electron chi connectivity index (χ3n) is 4.80. The summed E-state index contributed by atoms with van der Waals surface area (Å²) in [5.41, 5.74) is 2.73. The Morgan fingerprint density at radius 3 is 2.62 bits per heavy atom. The second-order valence-corrected chi connectivity index (χ2v) is 6.87. The van der Waals surface area contributed by atoms with Crippen molar-refractivity contribution in [1.82, 2.24) is 20.1 Å². The summed E-state index contributed by atoms with van der Waals surface area (Å²) in [7, 11) is 1.57. The Morgan fingerprint density at radius 2 is 1.88 bits per heavy atom. The molecule has 2 heterocycles. The van der Waals surface area contributed by atoms with Gasteiger partial charge in [0.1, 0.15) is 11.4 Å². The first-order valence-electron chi connectivity index (χ1n) is 9.71. The molecule has 0 saturated carbocycles. The van der Waals surface area contributed by atoms with E-state index in [1.165, 1.54) is 16.8 Å². The smallest absolute Gasteiger partial charge is 0.271 e. The van der Waals surface area contributed by atoms with E-state index in [2.05, 4.69) is 15.4 Å². The fourth-order valence-corrected chi connectivity index (χ4v) is 3.18. The van der Waals surface area contributed by atoms with Gasteiger partial charge in [-0.15, -0.1) is 0 Å². The first-order chi connectivity index (χ1) is 15.5. The van der Waals surface area contributed by atoms with E-state index >= 15 is 0 Å². The average molecular weight is 429 g/mol. The molecule has 32 heavy (non-hydrogen) atoms. The Hall–Kier alpha value is -4.53. The van der Waals surface area contributed by atoms with Gasteiger partial charge in [0.05, 0.1) is 23.4 Å². The molecule has 1 N–H and O–H groups in total. The normalized spacial score (nSPS) is 10.5. The van der Waals surface area contributed by atoms with E-state index in [0.29, 0.717) is 23.7 Å². The zero-order valence-electron chi connectivity index (χ0n) is 17.1. The first kappa shape index (κ1) is 20.7. The fourth-order valence-electron chi connectivity index (χ4n) is 3.18. The van der Waals surface area contributed by atoms with Crippen LogP contribution in [0.1, 0.15) is 16.1 Å². The van der Waals surface area contributed by atoms with Gasteiger partial charge in [0.2, 0.25) is 0 Å². The molecule has 160 valence electrons. The third kappa shape index (κ3) is 4.46. The van der Waals surface area contributed by atoms with Gasteiger partial charge in [0, 0.05) is 36.6 Å². The SMILES string of the molecule is COc1cccc(-c2cc(C(=O)NCc3ccncc3)n(-c3cccc([N+](=O)[O-])c3)n2)c1. The maximum absolute atomic E-state index is 13.1. The molecule has 9 nitrogen and oxygen atoms in total. The third-order valence-corrected chi connectivity index (χ3v) is 4.80. The van der Waals surface area contributed by atoms with Crippen molar-refractivity contribution < 1.29 is 14.5 Å². The zero-order chi connectivity index (χ0) is 22.5. The number of nitro benzene ring substituents is 1. The summed E-state index contributed by atoms with van der Waals surface area (Å²) in [5.74, 6) is 0.283. The molecule has 4 aromatic rings. The van der Waals surface area contributed by atoms with Crippen LogP contribution in [0.3, 0.4) is 0 Å². The minimum atomic E-state index is -0.487. The van der Waals surface area contributed by atoms with E-state index in [4.69, 9.17) is 4.74 Å². The lowest BCUT2D eigenvalue weighted by molar-refractivity contribution is -0.384. The largest absolute Gasteiger partial charge is 0.497 e. The number of nitrogens with zero attached hydrogens (tertiary/aromatic N) is 4. The molecule has 9 heteroatoms. The molecule has 0 radical (unpaired) electrons. The molecule has 4 rings (SSSR count). The second kappa shape index (κ2) is 9.09. The summed E-state index contributed by atoms with van der Waals surface area (Å²) in [5, 5.41) is 18.7. The van der Waals surface area contributed by atoms with Gasteiger partial charge >= 0.3 is 0 Å². The molecule has 0 fully saturated rings. The van der Waals surface area contributed by atoms with Gasteiger partial charge in [-0.2, -0.15) is 5.10 Å². The Bertz CT molecular complexity index is 1270. The van der Waals surface area contributed by atoms with Crippen LogP contribution in [0, 0.1) is 10.1 Å². The number of methoxy groups -OCH3 is 1. The summed E-state index contributed by atoms with van der Waals surface area (Å²) < 4.78 is 6.69. The highest BCUT2D eigenvalue weighted by Crippen LogP contribution is 2.26. The molecule has 0 aliphatic heterocycles. The Morgan fingerprint density at radius 1 is 1.09 bits per heavy atom. The van der Waals surface area contributed by atoms with Crippen molar-refractivity contribution in [2.45, 2.75) is 6.54 Å². The molecular formula is C23H19N5O4. The number of nitrogens with one attached hydrogen (secondary N) is 1. The number of nitro groups is 1. The van der Waals surface area contributed by atoms with Gasteiger partial charge in [-0.1, -0.05) is 18.2 Å². The number of rotatable bonds is 7. The maximum Gasteiger partial charge on any atom is 0.271 e. The van der Waals surface area contributed by atoms with Crippen LogP contribution >= 0.6 is 0 Å². The van der Waals surface area contributed by atoms with Crippen LogP contribution in [0.4, 0.5) is 5.69 Å². The molecule has 1 amide bonds. The first-order valence-corrected chi connectivity index (χ1v) is 9.71. The van der Waals surface area contributed by atoms with Crippen molar-refractivity contribution in [3.63, 3.8) is 0 Å². The Balaban J connectivity index is 1.74. The summed E-state index contributed by atoms with van der Waals surface area (Å²) in [6, 6.07) is 18.5. The minimum absolute atomic E-state index is 0.0934. The number of carbonyl (C=O) groups is 1. The molecule has 0 bridgehead atoms. The number of aromatic nitrogens is 3. The Labute approximate surface area is 183 Å². The number of carbonyl (C=O) groups excluding carboxylic acids is 1. The highest BCUT2D eigenvalue weighted by Gasteiger charge is 2.19. The summed E-state index contributed by atoms with van der Waals surface area (Å²) in [6.45, 7) is 0.302. The molecule has 0 aliphatic rings. The van der Waals surface area contributed by atoms with Crippen LogP contribution in [0.2, 0.25) is 0 Å². The van der Waals surface area contributed by atoms with Gasteiger partial charge in [-0.25, -0.2) is 4.68 Å². The van der Waals surface area contributed by atoms with Crippen molar-refractivity contribution in [2.75, 3.05) is 7.11 Å². The lowest BCUT2D eigenvalue weighted by atomic mass is 10.1. The molecule has 0 unspecified atom stereocenters. The quantitative estimate of drug-likeness (QED) is 0.353. The van der Waals surface area contributed by atoms with E-state index in [1.54, 1.807) is 55.9 Å². The molecule has 0 saturated heterocycles. The van der Waals surface area contributed by atoms with E-state index in [1.807, 2.05) is 18.2 Å². The lowest BCUT2D eigenvalue weighted by Gasteiger charge is -2.08.